The van der Waals surface area contributed by atoms with Crippen LogP contribution in [0.1, 0.15) is 11.3 Å². The highest BCUT2D eigenvalue weighted by atomic mass is 15.2. The van der Waals surface area contributed by atoms with Crippen LogP contribution in [0.15, 0.2) is 0 Å². The number of hydrogen-bond acceptors (Lipinski definition) is 2. The van der Waals surface area contributed by atoms with E-state index in [1.165, 1.54) is 4.68 Å². The minimum absolute atomic E-state index is 0.525. The van der Waals surface area contributed by atoms with E-state index in [2.05, 4.69) is 11.3 Å². The maximum atomic E-state index is 8.40. The maximum Gasteiger partial charge on any atom is 0.105 e. The van der Waals surface area contributed by atoms with Crippen molar-refractivity contribution in [3.05, 3.63) is 17.5 Å². The van der Waals surface area contributed by atoms with Gasteiger partial charge in [0, 0.05) is 7.05 Å². The van der Waals surface area contributed by atoms with E-state index in [-0.39, 0.29) is 0 Å². The highest BCUT2D eigenvalue weighted by molar-refractivity contribution is 5.28. The molecule has 0 saturated carbocycles. The standard InChI is InChI=1S/C6H6N3/c1-5-6(3-7)4-9(2)8-5/h1-2H3. The second-order valence-electron chi connectivity index (χ2n) is 1.81. The number of hydrogen-bond donors (Lipinski definition) is 0. The summed E-state index contributed by atoms with van der Waals surface area (Å²) < 4.78 is 1.51. The van der Waals surface area contributed by atoms with Crippen LogP contribution >= 0.6 is 0 Å². The van der Waals surface area contributed by atoms with Gasteiger partial charge in [-0.25, -0.2) is 0 Å². The molecular formula is C6H6N3. The molecule has 0 saturated heterocycles. The van der Waals surface area contributed by atoms with Gasteiger partial charge in [0.05, 0.1) is 5.69 Å². The van der Waals surface area contributed by atoms with E-state index in [4.69, 9.17) is 5.26 Å². The molecule has 0 aliphatic rings. The fourth-order valence-electron chi connectivity index (χ4n) is 0.649. The summed E-state index contributed by atoms with van der Waals surface area (Å²) in [6, 6.07) is 1.98. The predicted molar refractivity (Wildman–Crippen MR) is 31.5 cm³/mol. The second-order valence-corrected chi connectivity index (χ2v) is 1.81. The van der Waals surface area contributed by atoms with Gasteiger partial charge in [-0.2, -0.15) is 10.4 Å². The van der Waals surface area contributed by atoms with Crippen LogP contribution in [0.2, 0.25) is 0 Å². The Kier molecular flexibility index (Phi) is 1.23. The molecule has 0 bridgehead atoms. The van der Waals surface area contributed by atoms with Crippen LogP contribution in [0.5, 0.6) is 0 Å². The molecule has 3 heteroatoms. The van der Waals surface area contributed by atoms with Crippen LogP contribution in [-0.4, -0.2) is 9.78 Å². The lowest BCUT2D eigenvalue weighted by Gasteiger charge is -1.78. The minimum atomic E-state index is 0.525. The van der Waals surface area contributed by atoms with Gasteiger partial charge in [0.25, 0.3) is 0 Å². The molecule has 1 radical (unpaired) electrons. The van der Waals surface area contributed by atoms with Gasteiger partial charge in [-0.15, -0.1) is 0 Å². The summed E-state index contributed by atoms with van der Waals surface area (Å²) in [5, 5.41) is 12.3. The summed E-state index contributed by atoms with van der Waals surface area (Å²) in [5.41, 5.74) is 1.26. The van der Waals surface area contributed by atoms with Gasteiger partial charge < -0.3 is 0 Å². The van der Waals surface area contributed by atoms with Crippen molar-refractivity contribution in [1.82, 2.24) is 9.78 Å². The van der Waals surface area contributed by atoms with Crippen molar-refractivity contribution in [2.45, 2.75) is 6.92 Å². The van der Waals surface area contributed by atoms with Crippen molar-refractivity contribution >= 4 is 0 Å². The molecule has 0 aliphatic heterocycles. The number of rotatable bonds is 0. The summed E-state index contributed by atoms with van der Waals surface area (Å²) >= 11 is 0. The first-order valence-electron chi connectivity index (χ1n) is 2.57. The van der Waals surface area contributed by atoms with Gasteiger partial charge in [0.2, 0.25) is 0 Å². The smallest absolute Gasteiger partial charge is 0.105 e. The van der Waals surface area contributed by atoms with Crippen LogP contribution in [0.4, 0.5) is 0 Å². The zero-order chi connectivity index (χ0) is 6.85. The van der Waals surface area contributed by atoms with Gasteiger partial charge in [-0.1, -0.05) is 0 Å². The fourth-order valence-corrected chi connectivity index (χ4v) is 0.649. The van der Waals surface area contributed by atoms with Crippen molar-refractivity contribution < 1.29 is 0 Å². The predicted octanol–water partition coefficient (Wildman–Crippen LogP) is 0.400. The first-order valence-corrected chi connectivity index (χ1v) is 2.57. The molecule has 0 aromatic carbocycles. The fraction of sp³-hybridized carbons (Fsp3) is 0.333. The first-order chi connectivity index (χ1) is 4.24. The lowest BCUT2D eigenvalue weighted by atomic mass is 10.3. The van der Waals surface area contributed by atoms with Crippen LogP contribution < -0.4 is 0 Å². The summed E-state index contributed by atoms with van der Waals surface area (Å²) in [4.78, 5) is 0. The summed E-state index contributed by atoms with van der Waals surface area (Å²) in [5.74, 6) is 0. The number of aromatic nitrogens is 2. The van der Waals surface area contributed by atoms with Crippen molar-refractivity contribution in [3.63, 3.8) is 0 Å². The number of nitriles is 1. The summed E-state index contributed by atoms with van der Waals surface area (Å²) in [7, 11) is 1.74. The van der Waals surface area contributed by atoms with Crippen molar-refractivity contribution in [2.75, 3.05) is 0 Å². The Morgan fingerprint density at radius 2 is 2.44 bits per heavy atom. The monoisotopic (exact) mass is 120 g/mol. The zero-order valence-electron chi connectivity index (χ0n) is 5.34. The van der Waals surface area contributed by atoms with Crippen molar-refractivity contribution in [3.8, 4) is 6.07 Å². The Morgan fingerprint density at radius 3 is 2.67 bits per heavy atom. The van der Waals surface area contributed by atoms with E-state index in [1.807, 2.05) is 6.07 Å². The summed E-state index contributed by atoms with van der Waals surface area (Å²) in [6.07, 6.45) is 2.74. The molecule has 0 spiro atoms. The number of aryl methyl sites for hydroxylation is 2. The van der Waals surface area contributed by atoms with E-state index >= 15 is 0 Å². The molecule has 1 aromatic rings. The number of nitrogens with zero attached hydrogens (tertiary/aromatic N) is 3. The third-order valence-corrected chi connectivity index (χ3v) is 1.05. The van der Waals surface area contributed by atoms with Crippen LogP contribution in [0.25, 0.3) is 0 Å². The van der Waals surface area contributed by atoms with Gasteiger partial charge in [-0.3, -0.25) is 4.68 Å². The van der Waals surface area contributed by atoms with E-state index in [9.17, 15) is 0 Å². The average molecular weight is 120 g/mol. The highest BCUT2D eigenvalue weighted by Crippen LogP contribution is 1.99. The lowest BCUT2D eigenvalue weighted by molar-refractivity contribution is 0.751. The Hall–Kier alpha value is -1.30. The molecule has 0 atom stereocenters. The normalized spacial score (nSPS) is 9.00. The highest BCUT2D eigenvalue weighted by Gasteiger charge is 1.99. The first kappa shape index (κ1) is 5.83. The van der Waals surface area contributed by atoms with E-state index < -0.39 is 0 Å². The van der Waals surface area contributed by atoms with Gasteiger partial charge >= 0.3 is 0 Å². The maximum absolute atomic E-state index is 8.40. The molecule has 45 valence electrons. The van der Waals surface area contributed by atoms with E-state index in [1.54, 1.807) is 14.0 Å². The van der Waals surface area contributed by atoms with Crippen molar-refractivity contribution in [2.24, 2.45) is 7.05 Å². The van der Waals surface area contributed by atoms with E-state index in [0.29, 0.717) is 5.56 Å². The molecule has 0 aliphatic carbocycles. The van der Waals surface area contributed by atoms with Gasteiger partial charge in [0.1, 0.15) is 17.8 Å². The van der Waals surface area contributed by atoms with Crippen LogP contribution in [-0.2, 0) is 7.05 Å². The molecule has 0 amide bonds. The average Bonchev–Trinajstić information content (AvgIpc) is 2.10. The van der Waals surface area contributed by atoms with Crippen molar-refractivity contribution in [1.29, 1.82) is 5.26 Å². The lowest BCUT2D eigenvalue weighted by Crippen LogP contribution is -1.86. The van der Waals surface area contributed by atoms with E-state index in [0.717, 1.165) is 5.69 Å². The zero-order valence-corrected chi connectivity index (χ0v) is 5.34. The topological polar surface area (TPSA) is 41.6 Å². The van der Waals surface area contributed by atoms with Gasteiger partial charge in [0.15, 0.2) is 0 Å². The Balaban J connectivity index is 3.20. The molecule has 9 heavy (non-hydrogen) atoms. The summed E-state index contributed by atoms with van der Waals surface area (Å²) in [6.45, 7) is 1.79. The molecule has 0 N–H and O–H groups in total. The van der Waals surface area contributed by atoms with Crippen LogP contribution in [0.3, 0.4) is 0 Å². The quantitative estimate of drug-likeness (QED) is 0.497. The molecule has 0 unspecified atom stereocenters. The SMILES string of the molecule is Cc1nn(C)[c]c1C#N. The van der Waals surface area contributed by atoms with Gasteiger partial charge in [-0.05, 0) is 6.92 Å². The molecular weight excluding hydrogens is 114 g/mol. The largest absolute Gasteiger partial charge is 0.265 e. The molecule has 1 aromatic heterocycles. The minimum Gasteiger partial charge on any atom is -0.265 e. The Morgan fingerprint density at radius 1 is 1.78 bits per heavy atom. The Bertz CT molecular complexity index is 254. The molecule has 3 nitrogen and oxygen atoms in total. The third-order valence-electron chi connectivity index (χ3n) is 1.05. The molecule has 1 heterocycles. The molecule has 1 rings (SSSR count). The van der Waals surface area contributed by atoms with Crippen LogP contribution in [0, 0.1) is 24.5 Å². The molecule has 0 fully saturated rings. The third kappa shape index (κ3) is 0.918. The second kappa shape index (κ2) is 1.90. The Labute approximate surface area is 53.5 Å².